The Morgan fingerprint density at radius 2 is 2.00 bits per heavy atom. The van der Waals surface area contributed by atoms with E-state index < -0.39 is 0 Å². The Morgan fingerprint density at radius 3 is 2.63 bits per heavy atom. The maximum atomic E-state index is 12.1. The lowest BCUT2D eigenvalue weighted by molar-refractivity contribution is 0.0827. The van der Waals surface area contributed by atoms with Crippen LogP contribution >= 0.6 is 35.3 Å². The fourth-order valence-electron chi connectivity index (χ4n) is 2.77. The smallest absolute Gasteiger partial charge is 0.253 e. The summed E-state index contributed by atoms with van der Waals surface area (Å²) in [6.45, 7) is 8.65. The van der Waals surface area contributed by atoms with Crippen molar-refractivity contribution < 1.29 is 4.79 Å². The molecule has 2 N–H and O–H groups in total. The molecule has 0 unspecified atom stereocenters. The number of thiazole rings is 1. The van der Waals surface area contributed by atoms with E-state index in [2.05, 4.69) is 46.8 Å². The van der Waals surface area contributed by atoms with Crippen molar-refractivity contribution >= 4 is 47.2 Å². The van der Waals surface area contributed by atoms with Gasteiger partial charge in [-0.25, -0.2) is 4.98 Å². The van der Waals surface area contributed by atoms with Crippen LogP contribution < -0.4 is 10.6 Å². The Hall–Kier alpha value is -1.68. The number of guanidine groups is 1. The number of aliphatic imine (C=N–C) groups is 1. The van der Waals surface area contributed by atoms with Gasteiger partial charge in [-0.2, -0.15) is 0 Å². The van der Waals surface area contributed by atoms with Gasteiger partial charge in [0.05, 0.1) is 10.7 Å². The van der Waals surface area contributed by atoms with Gasteiger partial charge in [0.25, 0.3) is 5.91 Å². The van der Waals surface area contributed by atoms with Gasteiger partial charge >= 0.3 is 0 Å². The van der Waals surface area contributed by atoms with Crippen LogP contribution in [0.2, 0.25) is 0 Å². The summed E-state index contributed by atoms with van der Waals surface area (Å²) < 4.78 is 0. The summed E-state index contributed by atoms with van der Waals surface area (Å²) in [5.74, 6) is 1.31. The maximum absolute atomic E-state index is 12.1. The van der Waals surface area contributed by atoms with Crippen molar-refractivity contribution in [3.05, 3.63) is 51.5 Å². The minimum absolute atomic E-state index is 0. The van der Waals surface area contributed by atoms with Crippen molar-refractivity contribution in [1.82, 2.24) is 20.5 Å². The first-order chi connectivity index (χ1) is 13.9. The van der Waals surface area contributed by atoms with Gasteiger partial charge in [0, 0.05) is 57.0 Å². The molecule has 8 heteroatoms. The number of hydrogen-bond donors (Lipinski definition) is 2. The normalized spacial score (nSPS) is 11.2. The summed E-state index contributed by atoms with van der Waals surface area (Å²) >= 11 is 1.73. The number of nitrogens with one attached hydrogen (secondary N) is 2. The maximum Gasteiger partial charge on any atom is 0.253 e. The monoisotopic (exact) mass is 543 g/mol. The van der Waals surface area contributed by atoms with Crippen molar-refractivity contribution in [2.24, 2.45) is 4.99 Å². The molecule has 0 aliphatic heterocycles. The highest BCUT2D eigenvalue weighted by Crippen LogP contribution is 2.19. The first-order valence-corrected chi connectivity index (χ1v) is 11.1. The number of rotatable bonds is 9. The van der Waals surface area contributed by atoms with E-state index in [-0.39, 0.29) is 29.9 Å². The standard InChI is InChI=1S/C22H33N5OS.HI/c1-6-23-22(25-13-11-19-15-29-20(26-19)16(2)3)24-12-10-17-8-7-9-18(14-17)21(28)27(4)5;/h7-9,14-16H,6,10-13H2,1-5H3,(H2,23,24,25);1H. The fourth-order valence-corrected chi connectivity index (χ4v) is 3.64. The third kappa shape index (κ3) is 8.59. The van der Waals surface area contributed by atoms with Gasteiger partial charge in [-0.05, 0) is 31.0 Å². The Bertz CT molecular complexity index is 819. The van der Waals surface area contributed by atoms with Gasteiger partial charge in [-0.3, -0.25) is 9.79 Å². The van der Waals surface area contributed by atoms with Crippen molar-refractivity contribution in [1.29, 1.82) is 0 Å². The lowest BCUT2D eigenvalue weighted by Crippen LogP contribution is -2.38. The molecule has 0 bridgehead atoms. The second kappa shape index (κ2) is 13.6. The topological polar surface area (TPSA) is 69.6 Å². The Kier molecular flexibility index (Phi) is 11.9. The molecule has 1 aromatic carbocycles. The zero-order valence-corrected chi connectivity index (χ0v) is 21.7. The van der Waals surface area contributed by atoms with E-state index in [1.807, 2.05) is 24.3 Å². The molecular formula is C22H34IN5OS. The number of carbonyl (C=O) groups is 1. The van der Waals surface area contributed by atoms with Crippen molar-refractivity contribution in [3.8, 4) is 0 Å². The second-order valence-corrected chi connectivity index (χ2v) is 8.31. The van der Waals surface area contributed by atoms with E-state index in [9.17, 15) is 4.79 Å². The number of hydrogen-bond acceptors (Lipinski definition) is 4. The van der Waals surface area contributed by atoms with Crippen molar-refractivity contribution in [3.63, 3.8) is 0 Å². The Labute approximate surface area is 201 Å². The van der Waals surface area contributed by atoms with Crippen LogP contribution in [0.1, 0.15) is 53.3 Å². The number of aromatic nitrogens is 1. The first-order valence-electron chi connectivity index (χ1n) is 10.2. The van der Waals surface area contributed by atoms with Crippen LogP contribution in [0.3, 0.4) is 0 Å². The van der Waals surface area contributed by atoms with Crippen molar-refractivity contribution in [2.45, 2.75) is 39.5 Å². The third-order valence-electron chi connectivity index (χ3n) is 4.33. The third-order valence-corrected chi connectivity index (χ3v) is 5.53. The Morgan fingerprint density at radius 1 is 1.23 bits per heavy atom. The molecule has 0 spiro atoms. The molecule has 0 radical (unpaired) electrons. The molecule has 6 nitrogen and oxygen atoms in total. The van der Waals surface area contributed by atoms with E-state index in [1.54, 1.807) is 30.3 Å². The van der Waals surface area contributed by atoms with Crippen LogP contribution in [-0.2, 0) is 12.8 Å². The van der Waals surface area contributed by atoms with E-state index in [4.69, 9.17) is 0 Å². The van der Waals surface area contributed by atoms with Gasteiger partial charge in [0.1, 0.15) is 0 Å². The summed E-state index contributed by atoms with van der Waals surface area (Å²) in [5, 5.41) is 9.98. The molecule has 0 atom stereocenters. The van der Waals surface area contributed by atoms with Gasteiger partial charge in [-0.1, -0.05) is 26.0 Å². The Balaban J connectivity index is 0.00000450. The van der Waals surface area contributed by atoms with Crippen LogP contribution in [0.4, 0.5) is 0 Å². The average molecular weight is 544 g/mol. The zero-order valence-electron chi connectivity index (χ0n) is 18.6. The lowest BCUT2D eigenvalue weighted by atomic mass is 10.1. The minimum atomic E-state index is 0. The first kappa shape index (κ1) is 26.4. The quantitative estimate of drug-likeness (QED) is 0.286. The molecule has 2 aromatic rings. The number of amides is 1. The zero-order chi connectivity index (χ0) is 21.2. The molecule has 0 aliphatic carbocycles. The van der Waals surface area contributed by atoms with Crippen molar-refractivity contribution in [2.75, 3.05) is 33.7 Å². The summed E-state index contributed by atoms with van der Waals surface area (Å²) in [6, 6.07) is 7.80. The number of benzene rings is 1. The molecule has 1 aromatic heterocycles. The van der Waals surface area contributed by atoms with Crippen LogP contribution in [0.25, 0.3) is 0 Å². The largest absolute Gasteiger partial charge is 0.357 e. The second-order valence-electron chi connectivity index (χ2n) is 7.42. The van der Waals surface area contributed by atoms with Gasteiger partial charge in [-0.15, -0.1) is 35.3 Å². The number of carbonyl (C=O) groups excluding carboxylic acids is 1. The highest BCUT2D eigenvalue weighted by molar-refractivity contribution is 14.0. The molecule has 166 valence electrons. The minimum Gasteiger partial charge on any atom is -0.357 e. The molecule has 0 fully saturated rings. The fraction of sp³-hybridized carbons (Fsp3) is 0.500. The molecule has 2 rings (SSSR count). The number of halogens is 1. The molecular weight excluding hydrogens is 509 g/mol. The van der Waals surface area contributed by atoms with Crippen LogP contribution in [-0.4, -0.2) is 55.5 Å². The van der Waals surface area contributed by atoms with Crippen LogP contribution in [0.5, 0.6) is 0 Å². The summed E-state index contributed by atoms with van der Waals surface area (Å²) in [5.41, 5.74) is 2.96. The lowest BCUT2D eigenvalue weighted by Gasteiger charge is -2.13. The van der Waals surface area contributed by atoms with Gasteiger partial charge in [0.15, 0.2) is 5.96 Å². The van der Waals surface area contributed by atoms with Crippen LogP contribution in [0.15, 0.2) is 34.6 Å². The van der Waals surface area contributed by atoms with Gasteiger partial charge < -0.3 is 15.5 Å². The van der Waals surface area contributed by atoms with Gasteiger partial charge in [0.2, 0.25) is 0 Å². The molecule has 0 aliphatic rings. The van der Waals surface area contributed by atoms with E-state index in [0.717, 1.165) is 48.7 Å². The predicted molar refractivity (Wildman–Crippen MR) is 137 cm³/mol. The molecule has 1 heterocycles. The van der Waals surface area contributed by atoms with E-state index >= 15 is 0 Å². The molecule has 1 amide bonds. The van der Waals surface area contributed by atoms with Crippen LogP contribution in [0, 0.1) is 0 Å². The highest BCUT2D eigenvalue weighted by atomic mass is 127. The molecule has 0 saturated heterocycles. The average Bonchev–Trinajstić information content (AvgIpc) is 3.17. The van der Waals surface area contributed by atoms with E-state index in [1.165, 1.54) is 5.01 Å². The number of nitrogens with zero attached hydrogens (tertiary/aromatic N) is 3. The van der Waals surface area contributed by atoms with E-state index in [0.29, 0.717) is 12.5 Å². The molecule has 0 saturated carbocycles. The summed E-state index contributed by atoms with van der Waals surface area (Å²) in [4.78, 5) is 23.0. The predicted octanol–water partition coefficient (Wildman–Crippen LogP) is 3.93. The summed E-state index contributed by atoms with van der Waals surface area (Å²) in [7, 11) is 3.54. The highest BCUT2D eigenvalue weighted by Gasteiger charge is 2.08. The SMILES string of the molecule is CCNC(=NCCc1csc(C(C)C)n1)NCCc1cccc(C(=O)N(C)C)c1.I. The molecule has 30 heavy (non-hydrogen) atoms. The summed E-state index contributed by atoms with van der Waals surface area (Å²) in [6.07, 6.45) is 1.66.